The van der Waals surface area contributed by atoms with Gasteiger partial charge in [0.25, 0.3) is 0 Å². The molecule has 1 aliphatic carbocycles. The van der Waals surface area contributed by atoms with E-state index in [4.69, 9.17) is 0 Å². The SMILES string of the molecule is O=C(C[C@H]1CCCCC1=O)c1ccc(Br)cc1. The van der Waals surface area contributed by atoms with Crippen molar-refractivity contribution in [3.63, 3.8) is 0 Å². The predicted molar refractivity (Wildman–Crippen MR) is 70.1 cm³/mol. The van der Waals surface area contributed by atoms with Crippen molar-refractivity contribution in [1.82, 2.24) is 0 Å². The standard InChI is InChI=1S/C14H15BrO2/c15-12-7-5-10(6-8-12)14(17)9-11-3-1-2-4-13(11)16/h5-8,11H,1-4,9H2/t11-/m1/s1. The molecule has 0 spiro atoms. The number of Topliss-reactive ketones (excluding diaryl/α,β-unsaturated/α-hetero) is 2. The van der Waals surface area contributed by atoms with Crippen molar-refractivity contribution >= 4 is 27.5 Å². The maximum Gasteiger partial charge on any atom is 0.163 e. The van der Waals surface area contributed by atoms with Gasteiger partial charge in [-0.1, -0.05) is 34.5 Å². The third kappa shape index (κ3) is 3.25. The molecule has 1 fully saturated rings. The van der Waals surface area contributed by atoms with Crippen LogP contribution in [0.1, 0.15) is 42.5 Å². The molecule has 1 aromatic rings. The summed E-state index contributed by atoms with van der Waals surface area (Å²) in [7, 11) is 0. The van der Waals surface area contributed by atoms with Crippen molar-refractivity contribution < 1.29 is 9.59 Å². The normalized spacial score (nSPS) is 20.3. The van der Waals surface area contributed by atoms with E-state index >= 15 is 0 Å². The molecule has 17 heavy (non-hydrogen) atoms. The molecule has 90 valence electrons. The summed E-state index contributed by atoms with van der Waals surface area (Å²) in [6.45, 7) is 0. The molecule has 3 heteroatoms. The number of halogens is 1. The van der Waals surface area contributed by atoms with Gasteiger partial charge >= 0.3 is 0 Å². The lowest BCUT2D eigenvalue weighted by atomic mass is 9.83. The Morgan fingerprint density at radius 1 is 1.24 bits per heavy atom. The van der Waals surface area contributed by atoms with Crippen LogP contribution < -0.4 is 0 Å². The Morgan fingerprint density at radius 3 is 2.59 bits per heavy atom. The summed E-state index contributed by atoms with van der Waals surface area (Å²) in [4.78, 5) is 23.7. The maximum atomic E-state index is 12.0. The number of carbonyl (C=O) groups is 2. The summed E-state index contributed by atoms with van der Waals surface area (Å²) in [5.74, 6) is 0.305. The van der Waals surface area contributed by atoms with Gasteiger partial charge in [0.2, 0.25) is 0 Å². The molecule has 2 nitrogen and oxygen atoms in total. The Labute approximate surface area is 110 Å². The summed E-state index contributed by atoms with van der Waals surface area (Å²) in [6, 6.07) is 7.32. The molecule has 1 aromatic carbocycles. The predicted octanol–water partition coefficient (Wildman–Crippen LogP) is 3.78. The number of ketones is 2. The minimum atomic E-state index is -0.0418. The maximum absolute atomic E-state index is 12.0. The number of rotatable bonds is 3. The van der Waals surface area contributed by atoms with Crippen LogP contribution in [0.3, 0.4) is 0 Å². The average Bonchev–Trinajstić information content (AvgIpc) is 2.33. The zero-order chi connectivity index (χ0) is 12.3. The molecule has 0 N–H and O–H groups in total. The van der Waals surface area contributed by atoms with E-state index in [2.05, 4.69) is 15.9 Å². The van der Waals surface area contributed by atoms with E-state index < -0.39 is 0 Å². The highest BCUT2D eigenvalue weighted by Crippen LogP contribution is 2.25. The summed E-state index contributed by atoms with van der Waals surface area (Å²) < 4.78 is 0.961. The van der Waals surface area contributed by atoms with Gasteiger partial charge in [-0.2, -0.15) is 0 Å². The molecule has 1 saturated carbocycles. The van der Waals surface area contributed by atoms with Crippen molar-refractivity contribution in [2.24, 2.45) is 5.92 Å². The summed E-state index contributed by atoms with van der Waals surface area (Å²) >= 11 is 3.34. The molecule has 1 aliphatic rings. The highest BCUT2D eigenvalue weighted by Gasteiger charge is 2.24. The van der Waals surface area contributed by atoms with E-state index in [-0.39, 0.29) is 17.5 Å². The molecular formula is C14H15BrO2. The topological polar surface area (TPSA) is 34.1 Å². The lowest BCUT2D eigenvalue weighted by molar-refractivity contribution is -0.124. The Hall–Kier alpha value is -0.960. The minimum absolute atomic E-state index is 0.0418. The van der Waals surface area contributed by atoms with Gasteiger partial charge in [0.15, 0.2) is 5.78 Å². The van der Waals surface area contributed by atoms with Gasteiger partial charge in [-0.25, -0.2) is 0 Å². The van der Waals surface area contributed by atoms with Gasteiger partial charge in [0.05, 0.1) is 0 Å². The van der Waals surface area contributed by atoms with Gasteiger partial charge < -0.3 is 0 Å². The second-order valence-electron chi connectivity index (χ2n) is 4.54. The second kappa shape index (κ2) is 5.58. The van der Waals surface area contributed by atoms with Crippen LogP contribution in [-0.4, -0.2) is 11.6 Å². The minimum Gasteiger partial charge on any atom is -0.299 e. The highest BCUT2D eigenvalue weighted by atomic mass is 79.9. The first-order valence-corrected chi connectivity index (χ1v) is 6.77. The summed E-state index contributed by atoms with van der Waals surface area (Å²) in [5.41, 5.74) is 0.701. The second-order valence-corrected chi connectivity index (χ2v) is 5.46. The third-order valence-corrected chi connectivity index (χ3v) is 3.81. The lowest BCUT2D eigenvalue weighted by Crippen LogP contribution is -2.22. The largest absolute Gasteiger partial charge is 0.299 e. The fraction of sp³-hybridized carbons (Fsp3) is 0.429. The lowest BCUT2D eigenvalue weighted by Gasteiger charge is -2.19. The zero-order valence-corrected chi connectivity index (χ0v) is 11.2. The van der Waals surface area contributed by atoms with Crippen LogP contribution in [0.15, 0.2) is 28.7 Å². The monoisotopic (exact) mass is 294 g/mol. The summed E-state index contributed by atoms with van der Waals surface area (Å²) in [5, 5.41) is 0. The Balaban J connectivity index is 2.01. The smallest absolute Gasteiger partial charge is 0.163 e. The molecule has 0 heterocycles. The molecule has 2 rings (SSSR count). The number of hydrogen-bond acceptors (Lipinski definition) is 2. The molecular weight excluding hydrogens is 280 g/mol. The zero-order valence-electron chi connectivity index (χ0n) is 9.62. The van der Waals surface area contributed by atoms with Crippen molar-refractivity contribution in [3.8, 4) is 0 Å². The van der Waals surface area contributed by atoms with Crippen LogP contribution in [0.4, 0.5) is 0 Å². The van der Waals surface area contributed by atoms with Gasteiger partial charge in [-0.3, -0.25) is 9.59 Å². The first-order chi connectivity index (χ1) is 8.16. The van der Waals surface area contributed by atoms with Crippen LogP contribution in [0, 0.1) is 5.92 Å². The van der Waals surface area contributed by atoms with Crippen LogP contribution in [0.5, 0.6) is 0 Å². The van der Waals surface area contributed by atoms with Gasteiger partial charge in [0.1, 0.15) is 5.78 Å². The van der Waals surface area contributed by atoms with Crippen LogP contribution >= 0.6 is 15.9 Å². The van der Waals surface area contributed by atoms with Gasteiger partial charge in [-0.15, -0.1) is 0 Å². The van der Waals surface area contributed by atoms with Gasteiger partial charge in [-0.05, 0) is 25.0 Å². The van der Waals surface area contributed by atoms with E-state index in [0.717, 1.165) is 23.7 Å². The number of benzene rings is 1. The molecule has 0 aliphatic heterocycles. The first-order valence-electron chi connectivity index (χ1n) is 5.98. The van der Waals surface area contributed by atoms with E-state index in [0.29, 0.717) is 18.4 Å². The van der Waals surface area contributed by atoms with Gasteiger partial charge in [0, 0.05) is 28.8 Å². The van der Waals surface area contributed by atoms with Crippen LogP contribution in [0.25, 0.3) is 0 Å². The Kier molecular flexibility index (Phi) is 4.11. The third-order valence-electron chi connectivity index (χ3n) is 3.28. The van der Waals surface area contributed by atoms with Crippen molar-refractivity contribution in [3.05, 3.63) is 34.3 Å². The molecule has 1 atom stereocenters. The molecule has 0 amide bonds. The van der Waals surface area contributed by atoms with E-state index in [9.17, 15) is 9.59 Å². The Morgan fingerprint density at radius 2 is 1.94 bits per heavy atom. The fourth-order valence-electron chi connectivity index (χ4n) is 2.25. The molecule has 0 unspecified atom stereocenters. The first kappa shape index (κ1) is 12.5. The van der Waals surface area contributed by atoms with Crippen LogP contribution in [-0.2, 0) is 4.79 Å². The Bertz CT molecular complexity index is 422. The molecule has 0 aromatic heterocycles. The average molecular weight is 295 g/mol. The molecule has 0 radical (unpaired) electrons. The highest BCUT2D eigenvalue weighted by molar-refractivity contribution is 9.10. The quantitative estimate of drug-likeness (QED) is 0.795. The van der Waals surface area contributed by atoms with E-state index in [1.54, 1.807) is 12.1 Å². The molecule has 0 bridgehead atoms. The van der Waals surface area contributed by atoms with Crippen LogP contribution in [0.2, 0.25) is 0 Å². The number of hydrogen-bond donors (Lipinski definition) is 0. The number of carbonyl (C=O) groups excluding carboxylic acids is 2. The molecule has 0 saturated heterocycles. The van der Waals surface area contributed by atoms with E-state index in [1.807, 2.05) is 12.1 Å². The van der Waals surface area contributed by atoms with Crippen molar-refractivity contribution in [2.45, 2.75) is 32.1 Å². The summed E-state index contributed by atoms with van der Waals surface area (Å²) in [6.07, 6.45) is 3.96. The van der Waals surface area contributed by atoms with E-state index in [1.165, 1.54) is 0 Å². The fourth-order valence-corrected chi connectivity index (χ4v) is 2.51. The van der Waals surface area contributed by atoms with Crippen molar-refractivity contribution in [1.29, 1.82) is 0 Å². The van der Waals surface area contributed by atoms with Crippen molar-refractivity contribution in [2.75, 3.05) is 0 Å².